The maximum Gasteiger partial charge on any atom is 0.290 e. The van der Waals surface area contributed by atoms with Crippen LogP contribution in [0, 0.1) is 10.1 Å². The number of nitrogens with zero attached hydrogens (tertiary/aromatic N) is 3. The van der Waals surface area contributed by atoms with Crippen molar-refractivity contribution in [3.63, 3.8) is 0 Å². The first-order valence-corrected chi connectivity index (χ1v) is 7.15. The molecule has 22 heavy (non-hydrogen) atoms. The molecule has 116 valence electrons. The van der Waals surface area contributed by atoms with Crippen molar-refractivity contribution in [3.8, 4) is 11.5 Å². The van der Waals surface area contributed by atoms with Gasteiger partial charge in [-0.25, -0.2) is 4.68 Å². The highest BCUT2D eigenvalue weighted by Gasteiger charge is 2.19. The van der Waals surface area contributed by atoms with Crippen molar-refractivity contribution in [1.29, 1.82) is 0 Å². The zero-order valence-corrected chi connectivity index (χ0v) is 13.4. The first kappa shape index (κ1) is 16.8. The van der Waals surface area contributed by atoms with E-state index in [1.165, 1.54) is 0 Å². The normalized spacial score (nSPS) is 10.5. The molecule has 0 atom stereocenters. The van der Waals surface area contributed by atoms with Gasteiger partial charge in [0.1, 0.15) is 6.00 Å². The Morgan fingerprint density at radius 2 is 1.86 bits per heavy atom. The summed E-state index contributed by atoms with van der Waals surface area (Å²) < 4.78 is 6.26. The highest BCUT2D eigenvalue weighted by molar-refractivity contribution is 6.37. The third-order valence-corrected chi connectivity index (χ3v) is 3.61. The van der Waals surface area contributed by atoms with Crippen LogP contribution in [0.2, 0.25) is 15.1 Å². The quantitative estimate of drug-likeness (QED) is 0.449. The summed E-state index contributed by atoms with van der Waals surface area (Å²) in [5.74, 6) is -0.189. The number of alkyl halides is 1. The summed E-state index contributed by atoms with van der Waals surface area (Å²) in [6, 6.07) is 1.94. The van der Waals surface area contributed by atoms with Crippen molar-refractivity contribution in [2.24, 2.45) is 0 Å². The average molecular weight is 385 g/mol. The number of aromatic nitrogens is 2. The maximum absolute atomic E-state index is 11.8. The van der Waals surface area contributed by atoms with Crippen molar-refractivity contribution < 1.29 is 9.66 Å². The van der Waals surface area contributed by atoms with Crippen LogP contribution in [-0.2, 0) is 6.00 Å². The molecule has 0 spiro atoms. The molecular weight excluding hydrogens is 380 g/mol. The molecule has 1 aromatic heterocycles. The minimum Gasteiger partial charge on any atom is -0.451 e. The Balaban J connectivity index is 2.46. The highest BCUT2D eigenvalue weighted by atomic mass is 35.5. The van der Waals surface area contributed by atoms with E-state index in [0.29, 0.717) is 0 Å². The van der Waals surface area contributed by atoms with Crippen LogP contribution in [0.25, 0.3) is 0 Å². The predicted octanol–water partition coefficient (Wildman–Crippen LogP) is 4.10. The second-order valence-corrected chi connectivity index (χ2v) is 5.28. The lowest BCUT2D eigenvalue weighted by Gasteiger charge is -2.11. The number of nitro groups is 1. The van der Waals surface area contributed by atoms with E-state index in [1.54, 1.807) is 0 Å². The van der Waals surface area contributed by atoms with E-state index in [1.807, 2.05) is 0 Å². The van der Waals surface area contributed by atoms with Gasteiger partial charge in [0.15, 0.2) is 16.5 Å². The zero-order chi connectivity index (χ0) is 16.4. The Hall–Kier alpha value is -1.54. The lowest BCUT2D eigenvalue weighted by atomic mass is 10.3. The van der Waals surface area contributed by atoms with Gasteiger partial charge in [0.25, 0.3) is 11.2 Å². The molecule has 0 radical (unpaired) electrons. The molecule has 0 bridgehead atoms. The lowest BCUT2D eigenvalue weighted by Crippen LogP contribution is -2.21. The Labute approximate surface area is 143 Å². The van der Waals surface area contributed by atoms with Gasteiger partial charge in [-0.2, -0.15) is 5.10 Å². The Morgan fingerprint density at radius 1 is 1.27 bits per heavy atom. The molecule has 0 N–H and O–H groups in total. The van der Waals surface area contributed by atoms with Crippen molar-refractivity contribution in [2.45, 2.75) is 6.00 Å². The summed E-state index contributed by atoms with van der Waals surface area (Å²) in [6.07, 6.45) is 1.15. The SMILES string of the molecule is O=c1c(Cl)c(Oc2c(Cl)cc([N+](=O)[O-])cc2Cl)cnn1CCl. The van der Waals surface area contributed by atoms with Crippen molar-refractivity contribution in [3.05, 3.63) is 53.9 Å². The van der Waals surface area contributed by atoms with Gasteiger partial charge in [0, 0.05) is 12.1 Å². The molecule has 1 aromatic carbocycles. The van der Waals surface area contributed by atoms with Crippen LogP contribution in [0.4, 0.5) is 5.69 Å². The van der Waals surface area contributed by atoms with Gasteiger partial charge >= 0.3 is 0 Å². The summed E-state index contributed by atoms with van der Waals surface area (Å²) in [6.45, 7) is 0. The first-order chi connectivity index (χ1) is 10.3. The van der Waals surface area contributed by atoms with Crippen LogP contribution < -0.4 is 10.3 Å². The van der Waals surface area contributed by atoms with Crippen LogP contribution in [0.5, 0.6) is 11.5 Å². The van der Waals surface area contributed by atoms with E-state index in [-0.39, 0.29) is 38.3 Å². The first-order valence-electron chi connectivity index (χ1n) is 5.48. The molecule has 0 aliphatic rings. The lowest BCUT2D eigenvalue weighted by molar-refractivity contribution is -0.384. The van der Waals surface area contributed by atoms with Gasteiger partial charge in [0.05, 0.1) is 21.2 Å². The number of benzene rings is 1. The number of hydrogen-bond donors (Lipinski definition) is 0. The van der Waals surface area contributed by atoms with Crippen LogP contribution in [0.15, 0.2) is 23.1 Å². The van der Waals surface area contributed by atoms with Gasteiger partial charge in [-0.05, 0) is 0 Å². The second kappa shape index (κ2) is 6.70. The predicted molar refractivity (Wildman–Crippen MR) is 82.6 cm³/mol. The van der Waals surface area contributed by atoms with E-state index >= 15 is 0 Å². The minimum atomic E-state index is -0.664. The Bertz CT molecular complexity index is 785. The van der Waals surface area contributed by atoms with Crippen molar-refractivity contribution in [1.82, 2.24) is 9.78 Å². The third-order valence-electron chi connectivity index (χ3n) is 2.47. The standard InChI is InChI=1S/C11H5Cl4N3O4/c12-4-17-11(19)9(15)8(3-16-17)22-10-6(13)1-5(18(20)21)2-7(10)14/h1-3H,4H2. The van der Waals surface area contributed by atoms with Gasteiger partial charge in [-0.3, -0.25) is 14.9 Å². The summed E-state index contributed by atoms with van der Waals surface area (Å²) in [7, 11) is 0. The number of rotatable bonds is 4. The molecule has 2 rings (SSSR count). The average Bonchev–Trinajstić information content (AvgIpc) is 2.46. The van der Waals surface area contributed by atoms with Crippen LogP contribution >= 0.6 is 46.4 Å². The summed E-state index contributed by atoms with van der Waals surface area (Å²) in [4.78, 5) is 21.8. The van der Waals surface area contributed by atoms with Crippen molar-refractivity contribution in [2.75, 3.05) is 0 Å². The molecule has 0 saturated carbocycles. The van der Waals surface area contributed by atoms with E-state index in [4.69, 9.17) is 51.1 Å². The van der Waals surface area contributed by atoms with E-state index < -0.39 is 10.5 Å². The minimum absolute atomic E-state index is 0.0827. The molecule has 11 heteroatoms. The molecule has 7 nitrogen and oxygen atoms in total. The van der Waals surface area contributed by atoms with Crippen LogP contribution in [0.1, 0.15) is 0 Å². The third kappa shape index (κ3) is 3.27. The molecular formula is C11H5Cl4N3O4. The molecule has 0 aliphatic heterocycles. The fourth-order valence-corrected chi connectivity index (χ4v) is 2.37. The summed E-state index contributed by atoms with van der Waals surface area (Å²) in [5, 5.41) is 13.9. The van der Waals surface area contributed by atoms with E-state index in [0.717, 1.165) is 23.0 Å². The fourth-order valence-electron chi connectivity index (χ4n) is 1.47. The Morgan fingerprint density at radius 3 is 2.36 bits per heavy atom. The topological polar surface area (TPSA) is 87.3 Å². The second-order valence-electron chi connectivity index (χ2n) is 3.84. The molecule has 0 aliphatic carbocycles. The molecule has 2 aromatic rings. The van der Waals surface area contributed by atoms with E-state index in [2.05, 4.69) is 5.10 Å². The molecule has 0 fully saturated rings. The molecule has 1 heterocycles. The van der Waals surface area contributed by atoms with Gasteiger partial charge in [-0.15, -0.1) is 11.6 Å². The number of hydrogen-bond acceptors (Lipinski definition) is 5. The number of ether oxygens (including phenoxy) is 1. The smallest absolute Gasteiger partial charge is 0.290 e. The number of halogens is 4. The number of non-ortho nitro benzene ring substituents is 1. The van der Waals surface area contributed by atoms with Gasteiger partial charge < -0.3 is 4.74 Å². The van der Waals surface area contributed by atoms with Gasteiger partial charge in [0.2, 0.25) is 0 Å². The monoisotopic (exact) mass is 383 g/mol. The molecule has 0 unspecified atom stereocenters. The van der Waals surface area contributed by atoms with Crippen LogP contribution in [-0.4, -0.2) is 14.7 Å². The molecule has 0 saturated heterocycles. The summed E-state index contributed by atoms with van der Waals surface area (Å²) >= 11 is 23.2. The fraction of sp³-hybridized carbons (Fsp3) is 0.0909. The number of nitro benzene ring substituents is 1. The molecule has 0 amide bonds. The maximum atomic E-state index is 11.8. The highest BCUT2D eigenvalue weighted by Crippen LogP contribution is 2.40. The largest absolute Gasteiger partial charge is 0.451 e. The Kier molecular flexibility index (Phi) is 5.12. The van der Waals surface area contributed by atoms with Crippen LogP contribution in [0.3, 0.4) is 0 Å². The van der Waals surface area contributed by atoms with Gasteiger partial charge in [-0.1, -0.05) is 34.8 Å². The van der Waals surface area contributed by atoms with Crippen molar-refractivity contribution >= 4 is 52.1 Å². The zero-order valence-electron chi connectivity index (χ0n) is 10.4. The summed E-state index contributed by atoms with van der Waals surface area (Å²) in [5.41, 5.74) is -0.965. The van der Waals surface area contributed by atoms with E-state index in [9.17, 15) is 14.9 Å².